The van der Waals surface area contributed by atoms with Crippen molar-refractivity contribution < 1.29 is 35.9 Å². The number of anilines is 1. The van der Waals surface area contributed by atoms with Crippen molar-refractivity contribution in [3.8, 4) is 17.1 Å². The first kappa shape index (κ1) is 22.9. The molecule has 0 aliphatic rings. The van der Waals surface area contributed by atoms with Gasteiger partial charge >= 0.3 is 12.4 Å². The van der Waals surface area contributed by atoms with Crippen LogP contribution in [0.5, 0.6) is 5.88 Å². The summed E-state index contributed by atoms with van der Waals surface area (Å²) in [6.45, 7) is -1.59. The Hall–Kier alpha value is -4.23. The standard InChI is InChI=1S/C20H12F6N6O2/c21-19(22,23)10-34-16-7-8-27-18(29-16)30-17(33)14-9-28-15-6-5-13(31-32(14)15)11-3-1-2-4-12(11)20(24,25)26/h1-9H,10H2,(H,27,29,30,33). The van der Waals surface area contributed by atoms with Gasteiger partial charge in [-0.3, -0.25) is 10.1 Å². The fraction of sp³-hybridized carbons (Fsp3) is 0.150. The number of imidazole rings is 1. The third-order valence-corrected chi connectivity index (χ3v) is 4.34. The minimum Gasteiger partial charge on any atom is -0.468 e. The van der Waals surface area contributed by atoms with Gasteiger partial charge in [0.15, 0.2) is 17.9 Å². The Kier molecular flexibility index (Phi) is 5.81. The largest absolute Gasteiger partial charge is 0.468 e. The van der Waals surface area contributed by atoms with Gasteiger partial charge < -0.3 is 4.74 Å². The lowest BCUT2D eigenvalue weighted by molar-refractivity contribution is -0.154. The van der Waals surface area contributed by atoms with Crippen molar-refractivity contribution in [2.45, 2.75) is 12.4 Å². The van der Waals surface area contributed by atoms with Crippen LogP contribution in [0.1, 0.15) is 16.1 Å². The molecule has 3 aromatic heterocycles. The Morgan fingerprint density at radius 1 is 1.00 bits per heavy atom. The van der Waals surface area contributed by atoms with Crippen LogP contribution in [0.2, 0.25) is 0 Å². The molecule has 0 saturated heterocycles. The van der Waals surface area contributed by atoms with Crippen LogP contribution >= 0.6 is 0 Å². The summed E-state index contributed by atoms with van der Waals surface area (Å²) < 4.78 is 82.7. The molecule has 0 bridgehead atoms. The first-order chi connectivity index (χ1) is 16.0. The summed E-state index contributed by atoms with van der Waals surface area (Å²) in [5, 5.41) is 6.38. The molecule has 0 atom stereocenters. The fourth-order valence-corrected chi connectivity index (χ4v) is 2.93. The molecule has 34 heavy (non-hydrogen) atoms. The van der Waals surface area contributed by atoms with E-state index in [4.69, 9.17) is 0 Å². The van der Waals surface area contributed by atoms with Crippen LogP contribution in [0.15, 0.2) is 54.9 Å². The zero-order chi connectivity index (χ0) is 24.5. The molecule has 0 fully saturated rings. The quantitative estimate of drug-likeness (QED) is 0.424. The molecule has 3 heterocycles. The smallest absolute Gasteiger partial charge is 0.422 e. The second-order valence-corrected chi connectivity index (χ2v) is 6.75. The number of alkyl halides is 6. The zero-order valence-corrected chi connectivity index (χ0v) is 16.7. The van der Waals surface area contributed by atoms with Crippen molar-refractivity contribution in [3.63, 3.8) is 0 Å². The molecule has 0 saturated carbocycles. The lowest BCUT2D eigenvalue weighted by Gasteiger charge is -2.12. The van der Waals surface area contributed by atoms with E-state index < -0.39 is 36.3 Å². The average Bonchev–Trinajstić information content (AvgIpc) is 3.20. The van der Waals surface area contributed by atoms with E-state index in [1.54, 1.807) is 0 Å². The SMILES string of the molecule is O=C(Nc1nccc(OCC(F)(F)F)n1)c1cnc2ccc(-c3ccccc3C(F)(F)F)nn12. The van der Waals surface area contributed by atoms with Crippen LogP contribution in [0.4, 0.5) is 32.3 Å². The summed E-state index contributed by atoms with van der Waals surface area (Å²) in [7, 11) is 0. The van der Waals surface area contributed by atoms with Gasteiger partial charge in [-0.1, -0.05) is 18.2 Å². The van der Waals surface area contributed by atoms with Gasteiger partial charge in [0.05, 0.1) is 17.5 Å². The van der Waals surface area contributed by atoms with Gasteiger partial charge in [-0.25, -0.2) is 14.5 Å². The summed E-state index contributed by atoms with van der Waals surface area (Å²) in [4.78, 5) is 24.1. The summed E-state index contributed by atoms with van der Waals surface area (Å²) in [6, 6.07) is 8.60. The number of nitrogens with one attached hydrogen (secondary N) is 1. The number of nitrogens with zero attached hydrogens (tertiary/aromatic N) is 5. The van der Waals surface area contributed by atoms with Crippen LogP contribution < -0.4 is 10.1 Å². The van der Waals surface area contributed by atoms with E-state index in [0.717, 1.165) is 29.0 Å². The second kappa shape index (κ2) is 8.61. The number of carbonyl (C=O) groups is 1. The third kappa shape index (κ3) is 5.05. The molecule has 14 heteroatoms. The predicted octanol–water partition coefficient (Wildman–Crippen LogP) is 4.40. The lowest BCUT2D eigenvalue weighted by Crippen LogP contribution is -2.20. The highest BCUT2D eigenvalue weighted by molar-refractivity contribution is 6.02. The van der Waals surface area contributed by atoms with Crippen molar-refractivity contribution in [2.24, 2.45) is 0 Å². The Morgan fingerprint density at radius 3 is 2.50 bits per heavy atom. The molecule has 8 nitrogen and oxygen atoms in total. The third-order valence-electron chi connectivity index (χ3n) is 4.34. The Labute approximate surface area is 186 Å². The number of fused-ring (bicyclic) bond motifs is 1. The Bertz CT molecular complexity index is 1350. The van der Waals surface area contributed by atoms with E-state index in [2.05, 4.69) is 30.1 Å². The number of aromatic nitrogens is 5. The summed E-state index contributed by atoms with van der Waals surface area (Å²) in [6.07, 6.45) is -7.01. The molecule has 0 radical (unpaired) electrons. The maximum atomic E-state index is 13.4. The molecule has 0 spiro atoms. The minimum absolute atomic E-state index is 0.0636. The minimum atomic E-state index is -4.63. The van der Waals surface area contributed by atoms with E-state index in [1.165, 1.54) is 30.3 Å². The van der Waals surface area contributed by atoms with E-state index in [1.807, 2.05) is 0 Å². The first-order valence-corrected chi connectivity index (χ1v) is 9.36. The number of rotatable bonds is 5. The number of benzene rings is 1. The van der Waals surface area contributed by atoms with Gasteiger partial charge in [-0.05, 0) is 18.2 Å². The van der Waals surface area contributed by atoms with Crippen LogP contribution in [-0.2, 0) is 6.18 Å². The van der Waals surface area contributed by atoms with Crippen LogP contribution in [0.3, 0.4) is 0 Å². The molecule has 1 N–H and O–H groups in total. The lowest BCUT2D eigenvalue weighted by atomic mass is 10.0. The first-order valence-electron chi connectivity index (χ1n) is 9.36. The number of hydrogen-bond acceptors (Lipinski definition) is 6. The Balaban J connectivity index is 1.62. The molecule has 4 rings (SSSR count). The van der Waals surface area contributed by atoms with Gasteiger partial charge in [0.1, 0.15) is 0 Å². The molecule has 4 aromatic rings. The molecule has 1 aromatic carbocycles. The molecule has 0 unspecified atom stereocenters. The average molecular weight is 482 g/mol. The highest BCUT2D eigenvalue weighted by atomic mass is 19.4. The second-order valence-electron chi connectivity index (χ2n) is 6.75. The zero-order valence-electron chi connectivity index (χ0n) is 16.7. The van der Waals surface area contributed by atoms with Crippen molar-refractivity contribution in [1.82, 2.24) is 24.6 Å². The highest BCUT2D eigenvalue weighted by Gasteiger charge is 2.34. The number of hydrogen-bond donors (Lipinski definition) is 1. The van der Waals surface area contributed by atoms with Crippen LogP contribution in [0, 0.1) is 0 Å². The molecule has 1 amide bonds. The van der Waals surface area contributed by atoms with E-state index in [9.17, 15) is 31.1 Å². The molecule has 0 aliphatic carbocycles. The molecular formula is C20H12F6N6O2. The van der Waals surface area contributed by atoms with Gasteiger partial charge in [0, 0.05) is 17.8 Å². The van der Waals surface area contributed by atoms with Crippen LogP contribution in [-0.4, -0.2) is 43.3 Å². The maximum absolute atomic E-state index is 13.4. The normalized spacial score (nSPS) is 12.1. The molecule has 0 aliphatic heterocycles. The van der Waals surface area contributed by atoms with E-state index in [-0.39, 0.29) is 28.5 Å². The summed E-state index contributed by atoms with van der Waals surface area (Å²) >= 11 is 0. The Morgan fingerprint density at radius 2 is 1.76 bits per heavy atom. The number of ether oxygens (including phenoxy) is 1. The number of amides is 1. The number of carbonyl (C=O) groups excluding carboxylic acids is 1. The molecule has 176 valence electrons. The monoisotopic (exact) mass is 482 g/mol. The van der Waals surface area contributed by atoms with Crippen molar-refractivity contribution in [2.75, 3.05) is 11.9 Å². The topological polar surface area (TPSA) is 94.3 Å². The van der Waals surface area contributed by atoms with Crippen LogP contribution in [0.25, 0.3) is 16.9 Å². The highest BCUT2D eigenvalue weighted by Crippen LogP contribution is 2.36. The fourth-order valence-electron chi connectivity index (χ4n) is 2.93. The van der Waals surface area contributed by atoms with Crippen molar-refractivity contribution in [1.29, 1.82) is 0 Å². The number of halogens is 6. The van der Waals surface area contributed by atoms with Gasteiger partial charge in [-0.2, -0.15) is 36.4 Å². The van der Waals surface area contributed by atoms with Crippen molar-refractivity contribution >= 4 is 17.5 Å². The summed E-state index contributed by atoms with van der Waals surface area (Å²) in [5.41, 5.74) is -1.17. The maximum Gasteiger partial charge on any atom is 0.422 e. The predicted molar refractivity (Wildman–Crippen MR) is 105 cm³/mol. The molecular weight excluding hydrogens is 470 g/mol. The van der Waals surface area contributed by atoms with Gasteiger partial charge in [0.25, 0.3) is 5.91 Å². The van der Waals surface area contributed by atoms with E-state index in [0.29, 0.717) is 0 Å². The van der Waals surface area contributed by atoms with Crippen molar-refractivity contribution in [3.05, 3.63) is 66.1 Å². The van der Waals surface area contributed by atoms with Gasteiger partial charge in [0.2, 0.25) is 11.8 Å². The summed E-state index contributed by atoms with van der Waals surface area (Å²) in [5.74, 6) is -1.64. The van der Waals surface area contributed by atoms with E-state index >= 15 is 0 Å². The van der Waals surface area contributed by atoms with Gasteiger partial charge in [-0.15, -0.1) is 0 Å².